The minimum absolute atomic E-state index is 0. The molecule has 0 spiro atoms. The summed E-state index contributed by atoms with van der Waals surface area (Å²) >= 11 is 0. The van der Waals surface area contributed by atoms with Gasteiger partial charge in [0.1, 0.15) is 0 Å². The van der Waals surface area contributed by atoms with Crippen molar-refractivity contribution < 1.29 is 0 Å². The Labute approximate surface area is 222 Å². The maximum atomic E-state index is 4.03. The average Bonchev–Trinajstić information content (AvgIpc) is 2.80. The molecule has 1 aromatic rings. The molecule has 0 atom stereocenters. The molecule has 0 aliphatic heterocycles. The second kappa shape index (κ2) is 45.0. The maximum absolute atomic E-state index is 4.03. The Hall–Kier alpha value is -1.56. The molecule has 208 valence electrons. The van der Waals surface area contributed by atoms with Crippen LogP contribution in [0.1, 0.15) is 153 Å². The molecule has 0 aliphatic rings. The second-order valence-electron chi connectivity index (χ2n) is 6.81. The minimum atomic E-state index is 0. The van der Waals surface area contributed by atoms with Gasteiger partial charge in [-0.3, -0.25) is 0 Å². The third kappa shape index (κ3) is 40.8. The highest BCUT2D eigenvalue weighted by molar-refractivity contribution is 5.62. The molecule has 0 bridgehead atoms. The molecular weight excluding hydrogens is 408 g/mol. The molecule has 0 heteroatoms. The molecule has 34 heavy (non-hydrogen) atoms. The van der Waals surface area contributed by atoms with Crippen molar-refractivity contribution in [1.82, 2.24) is 0 Å². The number of hydrogen-bond acceptors (Lipinski definition) is 0. The summed E-state index contributed by atoms with van der Waals surface area (Å²) < 4.78 is 0. The van der Waals surface area contributed by atoms with Gasteiger partial charge in [-0.15, -0.1) is 6.58 Å². The molecule has 0 fully saturated rings. The Morgan fingerprint density at radius 1 is 0.706 bits per heavy atom. The van der Waals surface area contributed by atoms with E-state index in [0.717, 1.165) is 6.42 Å². The van der Waals surface area contributed by atoms with Gasteiger partial charge in [-0.05, 0) is 70.2 Å². The van der Waals surface area contributed by atoms with Gasteiger partial charge in [0.15, 0.2) is 0 Å². The van der Waals surface area contributed by atoms with Crippen LogP contribution in [0.5, 0.6) is 0 Å². The fourth-order valence-electron chi connectivity index (χ4n) is 1.94. The number of allylic oxidation sites excluding steroid dienone is 3. The molecule has 0 saturated heterocycles. The first-order valence-corrected chi connectivity index (χ1v) is 13.2. The number of benzene rings is 1. The van der Waals surface area contributed by atoms with E-state index in [1.54, 1.807) is 0 Å². The van der Waals surface area contributed by atoms with Gasteiger partial charge in [0.05, 0.1) is 0 Å². The number of rotatable bonds is 4. The van der Waals surface area contributed by atoms with Gasteiger partial charge in [-0.25, -0.2) is 0 Å². The third-order valence-corrected chi connectivity index (χ3v) is 3.61. The fourth-order valence-corrected chi connectivity index (χ4v) is 1.94. The maximum Gasteiger partial charge on any atom is -0.0219 e. The molecular formula is C34H72. The summed E-state index contributed by atoms with van der Waals surface area (Å²) in [7, 11) is 0. The molecule has 0 aliphatic carbocycles. The summed E-state index contributed by atoms with van der Waals surface area (Å²) in [4.78, 5) is 0. The van der Waals surface area contributed by atoms with E-state index in [1.165, 1.54) is 51.8 Å². The Morgan fingerprint density at radius 3 is 1.26 bits per heavy atom. The van der Waals surface area contributed by atoms with Gasteiger partial charge in [0, 0.05) is 0 Å². The lowest BCUT2D eigenvalue weighted by molar-refractivity contribution is 0.886. The smallest absolute Gasteiger partial charge is 0.0219 e. The Kier molecular flexibility index (Phi) is 71.1. The molecule has 0 amide bonds. The van der Waals surface area contributed by atoms with Gasteiger partial charge >= 0.3 is 0 Å². The normalized spacial score (nSPS) is 7.85. The van der Waals surface area contributed by atoms with Gasteiger partial charge in [-0.1, -0.05) is 145 Å². The van der Waals surface area contributed by atoms with E-state index in [1.807, 2.05) is 69.2 Å². The highest BCUT2D eigenvalue weighted by Crippen LogP contribution is 2.22. The molecule has 0 heterocycles. The van der Waals surface area contributed by atoms with Crippen LogP contribution >= 0.6 is 0 Å². The minimum Gasteiger partial charge on any atom is -0.100 e. The van der Waals surface area contributed by atoms with Crippen LogP contribution in [0, 0.1) is 20.8 Å². The summed E-state index contributed by atoms with van der Waals surface area (Å²) in [6.45, 7) is 42.7. The summed E-state index contributed by atoms with van der Waals surface area (Å²) in [5, 5.41) is 0. The lowest BCUT2D eigenvalue weighted by atomic mass is 9.96. The molecule has 0 aromatic heterocycles. The zero-order chi connectivity index (χ0) is 27.3. The predicted molar refractivity (Wildman–Crippen MR) is 174 cm³/mol. The second-order valence-corrected chi connectivity index (χ2v) is 6.81. The number of aryl methyl sites for hydroxylation is 2. The molecule has 0 nitrogen and oxygen atoms in total. The quantitative estimate of drug-likeness (QED) is 0.297. The van der Waals surface area contributed by atoms with Gasteiger partial charge in [0.25, 0.3) is 0 Å². The van der Waals surface area contributed by atoms with Crippen LogP contribution < -0.4 is 0 Å². The van der Waals surface area contributed by atoms with Crippen molar-refractivity contribution in [2.24, 2.45) is 0 Å². The highest BCUT2D eigenvalue weighted by Gasteiger charge is 2.02. The predicted octanol–water partition coefficient (Wildman–Crippen LogP) is 13.7. The fraction of sp³-hybridized carbons (Fsp3) is 0.647. The molecule has 1 rings (SSSR count). The van der Waals surface area contributed by atoms with Crippen LogP contribution in [0.4, 0.5) is 0 Å². The van der Waals surface area contributed by atoms with Crippen LogP contribution in [0.15, 0.2) is 42.0 Å². The van der Waals surface area contributed by atoms with Crippen LogP contribution in [0.3, 0.4) is 0 Å². The van der Waals surface area contributed by atoms with Crippen LogP contribution in [0.25, 0.3) is 6.08 Å². The monoisotopic (exact) mass is 481 g/mol. The van der Waals surface area contributed by atoms with Gasteiger partial charge in [-0.2, -0.15) is 0 Å². The Balaban J connectivity index is -0.0000000526. The van der Waals surface area contributed by atoms with Crippen molar-refractivity contribution in [3.8, 4) is 0 Å². The van der Waals surface area contributed by atoms with Crippen molar-refractivity contribution in [2.75, 3.05) is 0 Å². The highest BCUT2D eigenvalue weighted by atomic mass is 14.1. The average molecular weight is 481 g/mol. The largest absolute Gasteiger partial charge is 0.100 e. The Bertz CT molecular complexity index is 535. The van der Waals surface area contributed by atoms with Crippen molar-refractivity contribution in [1.29, 1.82) is 0 Å². The third-order valence-electron chi connectivity index (χ3n) is 3.61. The van der Waals surface area contributed by atoms with Crippen molar-refractivity contribution in [3.05, 3.63) is 64.3 Å². The van der Waals surface area contributed by atoms with E-state index < -0.39 is 0 Å². The van der Waals surface area contributed by atoms with E-state index in [-0.39, 0.29) is 14.9 Å². The molecule has 0 unspecified atom stereocenters. The molecule has 0 saturated carbocycles. The van der Waals surface area contributed by atoms with E-state index in [9.17, 15) is 0 Å². The first-order valence-electron chi connectivity index (χ1n) is 13.2. The summed E-state index contributed by atoms with van der Waals surface area (Å²) in [6, 6.07) is 4.49. The van der Waals surface area contributed by atoms with Crippen molar-refractivity contribution >= 4 is 6.08 Å². The van der Waals surface area contributed by atoms with Gasteiger partial charge < -0.3 is 0 Å². The van der Waals surface area contributed by atoms with E-state index in [4.69, 9.17) is 0 Å². The summed E-state index contributed by atoms with van der Waals surface area (Å²) in [5.74, 6) is 0. The van der Waals surface area contributed by atoms with E-state index >= 15 is 0 Å². The van der Waals surface area contributed by atoms with Crippen LogP contribution in [0.2, 0.25) is 0 Å². The summed E-state index contributed by atoms with van der Waals surface area (Å²) in [5.41, 5.74) is 9.07. The lowest BCUT2D eigenvalue weighted by Gasteiger charge is -2.10. The van der Waals surface area contributed by atoms with Crippen molar-refractivity contribution in [3.63, 3.8) is 0 Å². The van der Waals surface area contributed by atoms with Crippen molar-refractivity contribution in [2.45, 2.75) is 152 Å². The first-order chi connectivity index (χ1) is 15.1. The zero-order valence-electron chi connectivity index (χ0n) is 25.8. The molecule has 1 aromatic carbocycles. The standard InChI is InChI=1S/C16H22.C4H8.C4H10.4C2H6.2CH4/c1-7-15(11(2)3)10-16-9-12(4)8-13(5)14(16)6;1-4(2)3;1-3-4-2;4*1-2;;/h8-10H,2,7H2,1,3-6H3;1H2,2-3H3;3-4H2,1-2H3;4*1-2H3;2*1H4/b15-10-;;;;;;;;. The molecule has 0 radical (unpaired) electrons. The van der Waals surface area contributed by atoms with E-state index in [0.29, 0.717) is 0 Å². The van der Waals surface area contributed by atoms with E-state index in [2.05, 4.69) is 79.8 Å². The first kappa shape index (κ1) is 53.7. The Morgan fingerprint density at radius 2 is 1.03 bits per heavy atom. The number of unbranched alkanes of at least 4 members (excludes halogenated alkanes) is 1. The van der Waals surface area contributed by atoms with Crippen LogP contribution in [-0.2, 0) is 0 Å². The summed E-state index contributed by atoms with van der Waals surface area (Å²) in [6.07, 6.45) is 5.96. The topological polar surface area (TPSA) is 0 Å². The molecule has 0 N–H and O–H groups in total. The lowest BCUT2D eigenvalue weighted by Crippen LogP contribution is -1.90. The zero-order valence-corrected chi connectivity index (χ0v) is 25.8. The van der Waals surface area contributed by atoms with Crippen LogP contribution in [-0.4, -0.2) is 0 Å². The van der Waals surface area contributed by atoms with Gasteiger partial charge in [0.2, 0.25) is 0 Å². The number of hydrogen-bond donors (Lipinski definition) is 0. The SMILES string of the molecule is C.C.C=C(C)/C(=C\c1cc(C)cc(C)c1C)CC.C=C(C)C.CC.CC.CC.CC.CCCC.